The fourth-order valence-corrected chi connectivity index (χ4v) is 1.14. The van der Waals surface area contributed by atoms with E-state index >= 15 is 0 Å². The van der Waals surface area contributed by atoms with E-state index in [4.69, 9.17) is 0 Å². The van der Waals surface area contributed by atoms with Crippen molar-refractivity contribution < 1.29 is 0 Å². The van der Waals surface area contributed by atoms with Gasteiger partial charge in [-0.05, 0) is 31.2 Å². The van der Waals surface area contributed by atoms with Crippen LogP contribution in [-0.4, -0.2) is 12.0 Å². The lowest BCUT2D eigenvalue weighted by molar-refractivity contribution is 0.650. The van der Waals surface area contributed by atoms with Gasteiger partial charge in [-0.3, -0.25) is 4.98 Å². The Labute approximate surface area is 73.3 Å². The summed E-state index contributed by atoms with van der Waals surface area (Å²) in [7, 11) is 1.94. The van der Waals surface area contributed by atoms with Gasteiger partial charge in [0, 0.05) is 18.4 Å². The predicted molar refractivity (Wildman–Crippen MR) is 51.8 cm³/mol. The van der Waals surface area contributed by atoms with E-state index in [-0.39, 0.29) is 0 Å². The monoisotopic (exact) mass is 162 g/mol. The summed E-state index contributed by atoms with van der Waals surface area (Å²) in [4.78, 5) is 4.03. The molecule has 0 saturated carbocycles. The van der Waals surface area contributed by atoms with Crippen LogP contribution in [0.1, 0.15) is 24.1 Å². The second-order valence-electron chi connectivity index (χ2n) is 2.72. The molecule has 2 nitrogen and oxygen atoms in total. The summed E-state index contributed by atoms with van der Waals surface area (Å²) >= 11 is 0. The minimum absolute atomic E-state index is 0.348. The van der Waals surface area contributed by atoms with Crippen LogP contribution in [0.2, 0.25) is 0 Å². The van der Waals surface area contributed by atoms with Gasteiger partial charge in [0.05, 0.1) is 0 Å². The molecule has 0 unspecified atom stereocenters. The second-order valence-corrected chi connectivity index (χ2v) is 2.72. The maximum Gasteiger partial charge on any atom is 0.0343 e. The minimum Gasteiger partial charge on any atom is -0.313 e. The van der Waals surface area contributed by atoms with E-state index in [1.807, 2.05) is 25.4 Å². The zero-order chi connectivity index (χ0) is 8.97. The second kappa shape index (κ2) is 4.02. The lowest BCUT2D eigenvalue weighted by Crippen LogP contribution is -2.13. The maximum atomic E-state index is 4.03. The molecule has 0 fully saturated rings. The van der Waals surface area contributed by atoms with Gasteiger partial charge in [-0.25, -0.2) is 0 Å². The molecule has 0 amide bonds. The molecule has 1 rings (SSSR count). The topological polar surface area (TPSA) is 24.9 Å². The van der Waals surface area contributed by atoms with Gasteiger partial charge in [0.2, 0.25) is 0 Å². The van der Waals surface area contributed by atoms with Crippen molar-refractivity contribution in [2.75, 3.05) is 7.05 Å². The highest BCUT2D eigenvalue weighted by Crippen LogP contribution is 2.16. The molecule has 0 aliphatic heterocycles. The van der Waals surface area contributed by atoms with Gasteiger partial charge in [-0.15, -0.1) is 0 Å². The van der Waals surface area contributed by atoms with Crippen molar-refractivity contribution in [3.05, 3.63) is 36.2 Å². The first kappa shape index (κ1) is 8.94. The molecular weight excluding hydrogens is 148 g/mol. The Morgan fingerprint density at radius 1 is 1.67 bits per heavy atom. The Morgan fingerprint density at radius 2 is 2.42 bits per heavy atom. The highest BCUT2D eigenvalue weighted by Gasteiger charge is 2.04. The lowest BCUT2D eigenvalue weighted by atomic mass is 10.0. The molecule has 0 aliphatic carbocycles. The molecule has 2 heteroatoms. The van der Waals surface area contributed by atoms with E-state index in [0.29, 0.717) is 6.04 Å². The number of aromatic nitrogens is 1. The molecule has 1 atom stereocenters. The zero-order valence-corrected chi connectivity index (χ0v) is 7.54. The van der Waals surface area contributed by atoms with E-state index in [1.165, 1.54) is 5.56 Å². The van der Waals surface area contributed by atoms with Gasteiger partial charge in [0.25, 0.3) is 0 Å². The predicted octanol–water partition coefficient (Wildman–Crippen LogP) is 2.00. The van der Waals surface area contributed by atoms with Crippen molar-refractivity contribution >= 4 is 6.08 Å². The quantitative estimate of drug-likeness (QED) is 0.735. The first-order valence-corrected chi connectivity index (χ1v) is 4.03. The number of pyridine rings is 1. The molecule has 0 saturated heterocycles. The standard InChI is InChI=1S/C10H14N2/c1-4-9-7-12-6-5-10(9)8(2)11-3/h4-8,11H,1H2,2-3H3/t8-/m1/s1. The largest absolute Gasteiger partial charge is 0.313 e. The van der Waals surface area contributed by atoms with E-state index in [1.54, 1.807) is 6.20 Å². The maximum absolute atomic E-state index is 4.03. The summed E-state index contributed by atoms with van der Waals surface area (Å²) in [6, 6.07) is 2.36. The zero-order valence-electron chi connectivity index (χ0n) is 7.54. The smallest absolute Gasteiger partial charge is 0.0343 e. The average molecular weight is 162 g/mol. The van der Waals surface area contributed by atoms with Crippen LogP contribution in [0.3, 0.4) is 0 Å². The van der Waals surface area contributed by atoms with Gasteiger partial charge in [-0.2, -0.15) is 0 Å². The third kappa shape index (κ3) is 1.71. The van der Waals surface area contributed by atoms with Crippen molar-refractivity contribution in [1.82, 2.24) is 10.3 Å². The Morgan fingerprint density at radius 3 is 3.00 bits per heavy atom. The van der Waals surface area contributed by atoms with Gasteiger partial charge < -0.3 is 5.32 Å². The highest BCUT2D eigenvalue weighted by atomic mass is 14.9. The van der Waals surface area contributed by atoms with Gasteiger partial charge in [-0.1, -0.05) is 12.7 Å². The molecule has 1 aromatic heterocycles. The Hall–Kier alpha value is -1.15. The third-order valence-corrected chi connectivity index (χ3v) is 2.01. The molecule has 1 heterocycles. The van der Waals surface area contributed by atoms with E-state index in [0.717, 1.165) is 5.56 Å². The number of hydrogen-bond acceptors (Lipinski definition) is 2. The number of nitrogens with zero attached hydrogens (tertiary/aromatic N) is 1. The first-order chi connectivity index (χ1) is 5.79. The fraction of sp³-hybridized carbons (Fsp3) is 0.300. The first-order valence-electron chi connectivity index (χ1n) is 4.03. The SMILES string of the molecule is C=Cc1cnccc1[C@@H](C)NC. The molecule has 0 aliphatic rings. The molecule has 12 heavy (non-hydrogen) atoms. The molecule has 0 spiro atoms. The number of rotatable bonds is 3. The van der Waals surface area contributed by atoms with Crippen LogP contribution in [0.15, 0.2) is 25.0 Å². The molecule has 64 valence electrons. The normalized spacial score (nSPS) is 12.5. The van der Waals surface area contributed by atoms with E-state index < -0.39 is 0 Å². The van der Waals surface area contributed by atoms with Crippen LogP contribution in [0.4, 0.5) is 0 Å². The van der Waals surface area contributed by atoms with Gasteiger partial charge >= 0.3 is 0 Å². The van der Waals surface area contributed by atoms with Crippen molar-refractivity contribution in [1.29, 1.82) is 0 Å². The van der Waals surface area contributed by atoms with Gasteiger partial charge in [0.15, 0.2) is 0 Å². The molecular formula is C10H14N2. The minimum atomic E-state index is 0.348. The lowest BCUT2D eigenvalue weighted by Gasteiger charge is -2.12. The molecule has 0 bridgehead atoms. The van der Waals surface area contributed by atoms with Crippen LogP contribution in [0, 0.1) is 0 Å². The molecule has 0 aromatic carbocycles. The summed E-state index contributed by atoms with van der Waals surface area (Å²) in [5.74, 6) is 0. The molecule has 1 aromatic rings. The molecule has 0 radical (unpaired) electrons. The Balaban J connectivity index is 3.04. The fourth-order valence-electron chi connectivity index (χ4n) is 1.14. The van der Waals surface area contributed by atoms with Crippen LogP contribution < -0.4 is 5.32 Å². The summed E-state index contributed by atoms with van der Waals surface area (Å²) in [6.45, 7) is 5.85. The summed E-state index contributed by atoms with van der Waals surface area (Å²) in [6.07, 6.45) is 5.46. The van der Waals surface area contributed by atoms with Crippen LogP contribution in [-0.2, 0) is 0 Å². The molecule has 1 N–H and O–H groups in total. The Kier molecular flexibility index (Phi) is 3.00. The van der Waals surface area contributed by atoms with Gasteiger partial charge in [0.1, 0.15) is 0 Å². The van der Waals surface area contributed by atoms with Crippen LogP contribution in [0.25, 0.3) is 6.08 Å². The summed E-state index contributed by atoms with van der Waals surface area (Å²) in [5, 5.41) is 3.18. The average Bonchev–Trinajstić information content (AvgIpc) is 2.16. The van der Waals surface area contributed by atoms with Crippen molar-refractivity contribution in [3.63, 3.8) is 0 Å². The summed E-state index contributed by atoms with van der Waals surface area (Å²) in [5.41, 5.74) is 2.34. The highest BCUT2D eigenvalue weighted by molar-refractivity contribution is 5.51. The van der Waals surface area contributed by atoms with Crippen LogP contribution >= 0.6 is 0 Å². The van der Waals surface area contributed by atoms with Crippen molar-refractivity contribution in [2.24, 2.45) is 0 Å². The van der Waals surface area contributed by atoms with E-state index in [2.05, 4.69) is 23.8 Å². The number of hydrogen-bond donors (Lipinski definition) is 1. The third-order valence-electron chi connectivity index (χ3n) is 2.01. The van der Waals surface area contributed by atoms with Crippen LogP contribution in [0.5, 0.6) is 0 Å². The summed E-state index contributed by atoms with van der Waals surface area (Å²) < 4.78 is 0. The van der Waals surface area contributed by atoms with Crippen molar-refractivity contribution in [3.8, 4) is 0 Å². The van der Waals surface area contributed by atoms with E-state index in [9.17, 15) is 0 Å². The Bertz CT molecular complexity index is 268. The number of nitrogens with one attached hydrogen (secondary N) is 1. The van der Waals surface area contributed by atoms with Crippen molar-refractivity contribution in [2.45, 2.75) is 13.0 Å².